The summed E-state index contributed by atoms with van der Waals surface area (Å²) in [6.07, 6.45) is 5.41. The summed E-state index contributed by atoms with van der Waals surface area (Å²) >= 11 is 0. The second-order valence-electron chi connectivity index (χ2n) is 5.51. The van der Waals surface area contributed by atoms with Crippen LogP contribution < -0.4 is 5.32 Å². The lowest BCUT2D eigenvalue weighted by atomic mass is 10.1. The van der Waals surface area contributed by atoms with Gasteiger partial charge in [-0.25, -0.2) is 4.98 Å². The van der Waals surface area contributed by atoms with Gasteiger partial charge in [0.05, 0.1) is 0 Å². The van der Waals surface area contributed by atoms with Gasteiger partial charge in [-0.15, -0.1) is 0 Å². The maximum Gasteiger partial charge on any atom is 0.220 e. The molecule has 2 aromatic heterocycles. The van der Waals surface area contributed by atoms with Gasteiger partial charge in [0.25, 0.3) is 0 Å². The van der Waals surface area contributed by atoms with Crippen LogP contribution in [0, 0.1) is 5.92 Å². The predicted octanol–water partition coefficient (Wildman–Crippen LogP) is 2.76. The van der Waals surface area contributed by atoms with Gasteiger partial charge in [-0.3, -0.25) is 4.79 Å². The van der Waals surface area contributed by atoms with Gasteiger partial charge < -0.3 is 9.88 Å². The average Bonchev–Trinajstić information content (AvgIpc) is 2.76. The molecule has 0 spiro atoms. The largest absolute Gasteiger partial charge is 0.356 e. The van der Waals surface area contributed by atoms with Crippen LogP contribution in [0.15, 0.2) is 24.5 Å². The Morgan fingerprint density at radius 1 is 1.45 bits per heavy atom. The van der Waals surface area contributed by atoms with E-state index < -0.39 is 0 Å². The highest BCUT2D eigenvalue weighted by atomic mass is 16.1. The van der Waals surface area contributed by atoms with E-state index in [1.807, 2.05) is 12.3 Å². The Bertz CT molecular complexity index is 586. The van der Waals surface area contributed by atoms with E-state index in [0.717, 1.165) is 18.6 Å². The lowest BCUT2D eigenvalue weighted by molar-refractivity contribution is -0.121. The van der Waals surface area contributed by atoms with E-state index in [2.05, 4.69) is 47.9 Å². The first-order valence-corrected chi connectivity index (χ1v) is 7.31. The molecule has 20 heavy (non-hydrogen) atoms. The molecule has 0 atom stereocenters. The van der Waals surface area contributed by atoms with Crippen molar-refractivity contribution in [3.05, 3.63) is 30.1 Å². The highest BCUT2D eigenvalue weighted by molar-refractivity contribution is 5.80. The Labute approximate surface area is 120 Å². The predicted molar refractivity (Wildman–Crippen MR) is 81.6 cm³/mol. The maximum atomic E-state index is 11.6. The molecule has 0 saturated heterocycles. The minimum Gasteiger partial charge on any atom is -0.356 e. The smallest absolute Gasteiger partial charge is 0.220 e. The van der Waals surface area contributed by atoms with Crippen LogP contribution in [0.2, 0.25) is 0 Å². The van der Waals surface area contributed by atoms with E-state index in [0.29, 0.717) is 18.9 Å². The zero-order valence-corrected chi connectivity index (χ0v) is 12.5. The molecule has 0 fully saturated rings. The third-order valence-corrected chi connectivity index (χ3v) is 3.37. The fourth-order valence-electron chi connectivity index (χ4n) is 2.42. The van der Waals surface area contributed by atoms with Gasteiger partial charge in [0.2, 0.25) is 5.91 Å². The van der Waals surface area contributed by atoms with Crippen molar-refractivity contribution in [1.82, 2.24) is 14.9 Å². The topological polar surface area (TPSA) is 46.9 Å². The van der Waals surface area contributed by atoms with Gasteiger partial charge in [-0.05, 0) is 37.0 Å². The molecule has 2 heterocycles. The SMILES string of the molecule is CCn1cc(CCNC(=O)CC(C)C)c2cccnc21. The molecule has 108 valence electrons. The highest BCUT2D eigenvalue weighted by Gasteiger charge is 2.09. The van der Waals surface area contributed by atoms with Crippen LogP contribution in [0.3, 0.4) is 0 Å². The van der Waals surface area contributed by atoms with Crippen LogP contribution >= 0.6 is 0 Å². The van der Waals surface area contributed by atoms with Crippen molar-refractivity contribution < 1.29 is 4.79 Å². The average molecular weight is 273 g/mol. The van der Waals surface area contributed by atoms with Crippen LogP contribution in [0.5, 0.6) is 0 Å². The van der Waals surface area contributed by atoms with Crippen molar-refractivity contribution in [2.45, 2.75) is 40.2 Å². The molecule has 2 aromatic rings. The number of aryl methyl sites for hydroxylation is 1. The molecule has 0 aromatic carbocycles. The molecule has 0 aliphatic heterocycles. The third kappa shape index (κ3) is 3.38. The lowest BCUT2D eigenvalue weighted by Gasteiger charge is -2.06. The van der Waals surface area contributed by atoms with E-state index >= 15 is 0 Å². The number of rotatable bonds is 6. The summed E-state index contributed by atoms with van der Waals surface area (Å²) < 4.78 is 2.15. The summed E-state index contributed by atoms with van der Waals surface area (Å²) in [4.78, 5) is 16.1. The molecule has 0 aliphatic rings. The van der Waals surface area contributed by atoms with Gasteiger partial charge in [0, 0.05) is 37.3 Å². The van der Waals surface area contributed by atoms with E-state index in [-0.39, 0.29) is 5.91 Å². The zero-order chi connectivity index (χ0) is 14.5. The molecule has 1 N–H and O–H groups in total. The van der Waals surface area contributed by atoms with Gasteiger partial charge in [0.15, 0.2) is 0 Å². The summed E-state index contributed by atoms with van der Waals surface area (Å²) in [6, 6.07) is 4.06. The molecule has 0 radical (unpaired) electrons. The number of hydrogen-bond donors (Lipinski definition) is 1. The van der Waals surface area contributed by atoms with Crippen LogP contribution in [0.25, 0.3) is 11.0 Å². The van der Waals surface area contributed by atoms with Crippen molar-refractivity contribution in [3.8, 4) is 0 Å². The normalized spacial score (nSPS) is 11.2. The fraction of sp³-hybridized carbons (Fsp3) is 0.500. The summed E-state index contributed by atoms with van der Waals surface area (Å²) in [5.41, 5.74) is 2.28. The number of nitrogens with one attached hydrogen (secondary N) is 1. The fourth-order valence-corrected chi connectivity index (χ4v) is 2.42. The lowest BCUT2D eigenvalue weighted by Crippen LogP contribution is -2.26. The van der Waals surface area contributed by atoms with Crippen molar-refractivity contribution in [3.63, 3.8) is 0 Å². The number of aromatic nitrogens is 2. The summed E-state index contributed by atoms with van der Waals surface area (Å²) in [6.45, 7) is 7.82. The van der Waals surface area contributed by atoms with Gasteiger partial charge in [-0.2, -0.15) is 0 Å². The molecule has 0 aliphatic carbocycles. The summed E-state index contributed by atoms with van der Waals surface area (Å²) in [7, 11) is 0. The Morgan fingerprint density at radius 3 is 2.95 bits per heavy atom. The Hall–Kier alpha value is -1.84. The number of nitrogens with zero attached hydrogens (tertiary/aromatic N) is 2. The minimum atomic E-state index is 0.136. The Balaban J connectivity index is 2.01. The maximum absolute atomic E-state index is 11.6. The number of carbonyl (C=O) groups excluding carboxylic acids is 1. The number of fused-ring (bicyclic) bond motifs is 1. The minimum absolute atomic E-state index is 0.136. The standard InChI is InChI=1S/C16H23N3O/c1-4-19-11-13(14-6-5-8-18-16(14)19)7-9-17-15(20)10-12(2)3/h5-6,8,11-12H,4,7,9-10H2,1-3H3,(H,17,20). The number of amides is 1. The van der Waals surface area contributed by atoms with Crippen LogP contribution in [-0.2, 0) is 17.8 Å². The monoisotopic (exact) mass is 273 g/mol. The van der Waals surface area contributed by atoms with Crippen molar-refractivity contribution in [2.24, 2.45) is 5.92 Å². The first kappa shape index (κ1) is 14.6. The van der Waals surface area contributed by atoms with Crippen LogP contribution in [-0.4, -0.2) is 22.0 Å². The van der Waals surface area contributed by atoms with Crippen LogP contribution in [0.1, 0.15) is 32.8 Å². The Morgan fingerprint density at radius 2 is 2.25 bits per heavy atom. The van der Waals surface area contributed by atoms with Crippen LogP contribution in [0.4, 0.5) is 0 Å². The van der Waals surface area contributed by atoms with E-state index in [9.17, 15) is 4.79 Å². The van der Waals surface area contributed by atoms with E-state index in [1.165, 1.54) is 10.9 Å². The summed E-state index contributed by atoms with van der Waals surface area (Å²) in [5, 5.41) is 4.17. The second-order valence-corrected chi connectivity index (χ2v) is 5.51. The van der Waals surface area contributed by atoms with Gasteiger partial charge >= 0.3 is 0 Å². The number of carbonyl (C=O) groups is 1. The van der Waals surface area contributed by atoms with Crippen molar-refractivity contribution in [1.29, 1.82) is 0 Å². The molecule has 4 heteroatoms. The van der Waals surface area contributed by atoms with Gasteiger partial charge in [0.1, 0.15) is 5.65 Å². The van der Waals surface area contributed by atoms with Crippen molar-refractivity contribution in [2.75, 3.05) is 6.54 Å². The molecular weight excluding hydrogens is 250 g/mol. The van der Waals surface area contributed by atoms with Crippen molar-refractivity contribution >= 4 is 16.9 Å². The van der Waals surface area contributed by atoms with Gasteiger partial charge in [-0.1, -0.05) is 13.8 Å². The second kappa shape index (κ2) is 6.55. The van der Waals surface area contributed by atoms with E-state index in [4.69, 9.17) is 0 Å². The quantitative estimate of drug-likeness (QED) is 0.879. The highest BCUT2D eigenvalue weighted by Crippen LogP contribution is 2.19. The molecule has 2 rings (SSSR count). The third-order valence-electron chi connectivity index (χ3n) is 3.37. The first-order chi connectivity index (χ1) is 9.61. The number of pyridine rings is 1. The Kier molecular flexibility index (Phi) is 4.77. The van der Waals surface area contributed by atoms with E-state index in [1.54, 1.807) is 0 Å². The molecule has 0 saturated carbocycles. The molecular formula is C16H23N3O. The molecule has 0 bridgehead atoms. The zero-order valence-electron chi connectivity index (χ0n) is 12.5. The molecule has 1 amide bonds. The first-order valence-electron chi connectivity index (χ1n) is 7.31. The number of hydrogen-bond acceptors (Lipinski definition) is 2. The molecule has 0 unspecified atom stereocenters. The molecule has 4 nitrogen and oxygen atoms in total. The summed E-state index contributed by atoms with van der Waals surface area (Å²) in [5.74, 6) is 0.540.